The van der Waals surface area contributed by atoms with Crippen molar-refractivity contribution in [2.75, 3.05) is 32.5 Å². The summed E-state index contributed by atoms with van der Waals surface area (Å²) < 4.78 is 29.4. The molecule has 1 aromatic carbocycles. The second-order valence-electron chi connectivity index (χ2n) is 4.75. The highest BCUT2D eigenvalue weighted by Gasteiger charge is 2.06. The molecule has 0 heterocycles. The van der Waals surface area contributed by atoms with Crippen LogP contribution in [0.1, 0.15) is 5.56 Å². The summed E-state index contributed by atoms with van der Waals surface area (Å²) in [5.74, 6) is 0.648. The SMILES string of the molecule is Cc1cc(OCC(O)CNCCNS(C)(=O)=O)ccc1Cl. The lowest BCUT2D eigenvalue weighted by Crippen LogP contribution is -2.36. The molecule has 0 amide bonds. The van der Waals surface area contributed by atoms with Crippen molar-refractivity contribution in [1.29, 1.82) is 0 Å². The van der Waals surface area contributed by atoms with Gasteiger partial charge in [0.2, 0.25) is 10.0 Å². The Kier molecular flexibility index (Phi) is 7.41. The molecule has 1 atom stereocenters. The Hall–Kier alpha value is -0.860. The molecule has 0 aliphatic rings. The van der Waals surface area contributed by atoms with E-state index in [2.05, 4.69) is 10.0 Å². The van der Waals surface area contributed by atoms with E-state index < -0.39 is 16.1 Å². The lowest BCUT2D eigenvalue weighted by molar-refractivity contribution is 0.107. The summed E-state index contributed by atoms with van der Waals surface area (Å²) in [7, 11) is -3.17. The van der Waals surface area contributed by atoms with Crippen molar-refractivity contribution in [1.82, 2.24) is 10.0 Å². The molecule has 0 fully saturated rings. The molecule has 3 N–H and O–H groups in total. The van der Waals surface area contributed by atoms with Gasteiger partial charge in [-0.3, -0.25) is 0 Å². The third-order valence-corrected chi connectivity index (χ3v) is 3.77. The predicted octanol–water partition coefficient (Wildman–Crippen LogP) is 0.527. The molecule has 120 valence electrons. The summed E-state index contributed by atoms with van der Waals surface area (Å²) >= 11 is 5.91. The first-order valence-electron chi connectivity index (χ1n) is 6.50. The first kappa shape index (κ1) is 18.2. The molecule has 0 radical (unpaired) electrons. The summed E-state index contributed by atoms with van der Waals surface area (Å²) in [6, 6.07) is 5.29. The number of hydrogen-bond acceptors (Lipinski definition) is 5. The van der Waals surface area contributed by atoms with E-state index in [4.69, 9.17) is 16.3 Å². The number of aryl methyl sites for hydroxylation is 1. The third kappa shape index (κ3) is 8.23. The molecule has 0 saturated heterocycles. The van der Waals surface area contributed by atoms with E-state index in [1.807, 2.05) is 6.92 Å². The quantitative estimate of drug-likeness (QED) is 0.572. The Balaban J connectivity index is 2.19. The molecule has 6 nitrogen and oxygen atoms in total. The van der Waals surface area contributed by atoms with Crippen molar-refractivity contribution in [3.05, 3.63) is 28.8 Å². The predicted molar refractivity (Wildman–Crippen MR) is 83.4 cm³/mol. The molecule has 0 bridgehead atoms. The Labute approximate surface area is 130 Å². The van der Waals surface area contributed by atoms with Crippen LogP contribution < -0.4 is 14.8 Å². The van der Waals surface area contributed by atoms with E-state index in [0.717, 1.165) is 11.8 Å². The number of nitrogens with one attached hydrogen (secondary N) is 2. The van der Waals surface area contributed by atoms with Gasteiger partial charge in [-0.25, -0.2) is 13.1 Å². The molecule has 1 rings (SSSR count). The molecular weight excluding hydrogens is 316 g/mol. The number of halogens is 1. The maximum absolute atomic E-state index is 10.8. The van der Waals surface area contributed by atoms with Gasteiger partial charge in [-0.2, -0.15) is 0 Å². The molecule has 0 aliphatic carbocycles. The monoisotopic (exact) mass is 336 g/mol. The third-order valence-electron chi connectivity index (χ3n) is 2.62. The lowest BCUT2D eigenvalue weighted by Gasteiger charge is -2.14. The highest BCUT2D eigenvalue weighted by atomic mass is 35.5. The van der Waals surface area contributed by atoms with Crippen LogP contribution in [0.25, 0.3) is 0 Å². The van der Waals surface area contributed by atoms with Crippen LogP contribution in [-0.4, -0.2) is 52.1 Å². The number of sulfonamides is 1. The number of ether oxygens (including phenoxy) is 1. The zero-order valence-electron chi connectivity index (χ0n) is 12.1. The van der Waals surface area contributed by atoms with E-state index in [0.29, 0.717) is 23.9 Å². The zero-order chi connectivity index (χ0) is 15.9. The number of hydrogen-bond donors (Lipinski definition) is 3. The van der Waals surface area contributed by atoms with Gasteiger partial charge in [-0.15, -0.1) is 0 Å². The maximum atomic E-state index is 10.8. The van der Waals surface area contributed by atoms with E-state index in [9.17, 15) is 13.5 Å². The molecule has 0 aliphatic heterocycles. The van der Waals surface area contributed by atoms with Gasteiger partial charge in [0.15, 0.2) is 0 Å². The Morgan fingerprint density at radius 1 is 1.38 bits per heavy atom. The first-order valence-corrected chi connectivity index (χ1v) is 8.77. The van der Waals surface area contributed by atoms with Crippen molar-refractivity contribution in [2.45, 2.75) is 13.0 Å². The summed E-state index contributed by atoms with van der Waals surface area (Å²) in [4.78, 5) is 0. The van der Waals surface area contributed by atoms with Crippen LogP contribution in [-0.2, 0) is 10.0 Å². The van der Waals surface area contributed by atoms with Crippen LogP contribution in [0.5, 0.6) is 5.75 Å². The van der Waals surface area contributed by atoms with Crippen molar-refractivity contribution in [3.63, 3.8) is 0 Å². The minimum atomic E-state index is -3.17. The van der Waals surface area contributed by atoms with Gasteiger partial charge >= 0.3 is 0 Å². The normalized spacial score (nSPS) is 13.1. The largest absolute Gasteiger partial charge is 0.491 e. The fraction of sp³-hybridized carbons (Fsp3) is 0.538. The topological polar surface area (TPSA) is 87.7 Å². The smallest absolute Gasteiger partial charge is 0.208 e. The number of aliphatic hydroxyl groups excluding tert-OH is 1. The van der Waals surface area contributed by atoms with Crippen molar-refractivity contribution >= 4 is 21.6 Å². The van der Waals surface area contributed by atoms with E-state index in [1.54, 1.807) is 18.2 Å². The molecule has 1 aromatic rings. The van der Waals surface area contributed by atoms with Gasteiger partial charge in [0, 0.05) is 24.7 Å². The van der Waals surface area contributed by atoms with E-state index in [-0.39, 0.29) is 13.2 Å². The maximum Gasteiger partial charge on any atom is 0.208 e. The fourth-order valence-corrected chi connectivity index (χ4v) is 2.14. The average molecular weight is 337 g/mol. The second kappa shape index (κ2) is 8.55. The Morgan fingerprint density at radius 2 is 2.10 bits per heavy atom. The van der Waals surface area contributed by atoms with Crippen molar-refractivity contribution in [2.24, 2.45) is 0 Å². The highest BCUT2D eigenvalue weighted by Crippen LogP contribution is 2.20. The molecule has 21 heavy (non-hydrogen) atoms. The fourth-order valence-electron chi connectivity index (χ4n) is 1.55. The zero-order valence-corrected chi connectivity index (χ0v) is 13.7. The Bertz CT molecular complexity index is 551. The molecule has 0 spiro atoms. The summed E-state index contributed by atoms with van der Waals surface area (Å²) in [5.41, 5.74) is 0.911. The van der Waals surface area contributed by atoms with Crippen LogP contribution >= 0.6 is 11.6 Å². The number of rotatable bonds is 9. The van der Waals surface area contributed by atoms with Crippen LogP contribution in [0.3, 0.4) is 0 Å². The van der Waals surface area contributed by atoms with Gasteiger partial charge < -0.3 is 15.2 Å². The molecule has 1 unspecified atom stereocenters. The minimum Gasteiger partial charge on any atom is -0.491 e. The van der Waals surface area contributed by atoms with Crippen molar-refractivity contribution in [3.8, 4) is 5.75 Å². The lowest BCUT2D eigenvalue weighted by atomic mass is 10.2. The van der Waals surface area contributed by atoms with Gasteiger partial charge in [-0.05, 0) is 30.7 Å². The second-order valence-corrected chi connectivity index (χ2v) is 6.99. The summed E-state index contributed by atoms with van der Waals surface area (Å²) in [5, 5.41) is 13.3. The van der Waals surface area contributed by atoms with Gasteiger partial charge in [0.1, 0.15) is 18.5 Å². The minimum absolute atomic E-state index is 0.146. The standard InChI is InChI=1S/C13H21ClN2O4S/c1-10-7-12(3-4-13(10)14)20-9-11(17)8-15-5-6-16-21(2,18)19/h3-4,7,11,15-17H,5-6,8-9H2,1-2H3. The van der Waals surface area contributed by atoms with Gasteiger partial charge in [-0.1, -0.05) is 11.6 Å². The van der Waals surface area contributed by atoms with E-state index in [1.165, 1.54) is 0 Å². The molecule has 8 heteroatoms. The molecular formula is C13H21ClN2O4S. The Morgan fingerprint density at radius 3 is 2.71 bits per heavy atom. The summed E-state index contributed by atoms with van der Waals surface area (Å²) in [6.45, 7) is 3.06. The summed E-state index contributed by atoms with van der Waals surface area (Å²) in [6.07, 6.45) is 0.420. The van der Waals surface area contributed by atoms with Crippen LogP contribution in [0, 0.1) is 6.92 Å². The van der Waals surface area contributed by atoms with E-state index >= 15 is 0 Å². The number of benzene rings is 1. The molecule has 0 saturated carbocycles. The van der Waals surface area contributed by atoms with Crippen LogP contribution in [0.15, 0.2) is 18.2 Å². The molecule has 0 aromatic heterocycles. The van der Waals surface area contributed by atoms with Gasteiger partial charge in [0.05, 0.1) is 6.26 Å². The average Bonchev–Trinajstić information content (AvgIpc) is 2.38. The van der Waals surface area contributed by atoms with Crippen LogP contribution in [0.2, 0.25) is 5.02 Å². The van der Waals surface area contributed by atoms with Crippen molar-refractivity contribution < 1.29 is 18.3 Å². The highest BCUT2D eigenvalue weighted by molar-refractivity contribution is 7.88. The van der Waals surface area contributed by atoms with Crippen LogP contribution in [0.4, 0.5) is 0 Å². The number of aliphatic hydroxyl groups is 1. The van der Waals surface area contributed by atoms with Gasteiger partial charge in [0.25, 0.3) is 0 Å². The first-order chi connectivity index (χ1) is 9.78.